The fourth-order valence-electron chi connectivity index (χ4n) is 5.03. The Balaban J connectivity index is 1.28. The van der Waals surface area contributed by atoms with Crippen molar-refractivity contribution in [3.63, 3.8) is 0 Å². The number of imide groups is 1. The van der Waals surface area contributed by atoms with Gasteiger partial charge in [-0.05, 0) is 55.4 Å². The van der Waals surface area contributed by atoms with E-state index in [1.54, 1.807) is 24.3 Å². The van der Waals surface area contributed by atoms with E-state index < -0.39 is 0 Å². The van der Waals surface area contributed by atoms with Gasteiger partial charge in [0.15, 0.2) is 0 Å². The minimum absolute atomic E-state index is 0.0939. The maximum Gasteiger partial charge on any atom is 0.251 e. The van der Waals surface area contributed by atoms with Crippen LogP contribution in [0.1, 0.15) is 29.6 Å². The summed E-state index contributed by atoms with van der Waals surface area (Å²) in [6.45, 7) is 1.26. The fourth-order valence-corrected chi connectivity index (χ4v) is 5.03. The van der Waals surface area contributed by atoms with Gasteiger partial charge >= 0.3 is 0 Å². The highest BCUT2D eigenvalue weighted by atomic mass is 16.5. The Morgan fingerprint density at radius 2 is 1.74 bits per heavy atom. The Morgan fingerprint density at radius 3 is 2.33 bits per heavy atom. The van der Waals surface area contributed by atoms with Gasteiger partial charge in [-0.15, -0.1) is 0 Å². The van der Waals surface area contributed by atoms with E-state index in [2.05, 4.69) is 17.5 Å². The Hall–Kier alpha value is -2.47. The topological polar surface area (TPSA) is 75.7 Å². The molecule has 140 valence electrons. The summed E-state index contributed by atoms with van der Waals surface area (Å²) >= 11 is 0. The zero-order valence-electron chi connectivity index (χ0n) is 15.0. The number of anilines is 1. The van der Waals surface area contributed by atoms with Crippen molar-refractivity contribution in [3.05, 3.63) is 42.0 Å². The third kappa shape index (κ3) is 2.62. The molecule has 2 saturated heterocycles. The number of amides is 3. The van der Waals surface area contributed by atoms with Gasteiger partial charge in [-0.3, -0.25) is 19.3 Å². The molecular weight excluding hydrogens is 344 g/mol. The van der Waals surface area contributed by atoms with Crippen LogP contribution in [0.3, 0.4) is 0 Å². The summed E-state index contributed by atoms with van der Waals surface area (Å²) in [5.41, 5.74) is 1.06. The second-order valence-corrected chi connectivity index (χ2v) is 7.90. The highest BCUT2D eigenvalue weighted by Crippen LogP contribution is 2.53. The number of ether oxygens (including phenoxy) is 1. The molecule has 5 atom stereocenters. The summed E-state index contributed by atoms with van der Waals surface area (Å²) in [4.78, 5) is 39.3. The van der Waals surface area contributed by atoms with Crippen LogP contribution in [0.5, 0.6) is 0 Å². The minimum Gasteiger partial charge on any atom is -0.376 e. The minimum atomic E-state index is -0.207. The van der Waals surface area contributed by atoms with Crippen LogP contribution in [-0.2, 0) is 14.3 Å². The molecule has 0 radical (unpaired) electrons. The molecular formula is C21H22N2O4. The van der Waals surface area contributed by atoms with E-state index in [9.17, 15) is 14.4 Å². The Morgan fingerprint density at radius 1 is 1.07 bits per heavy atom. The molecule has 2 aliphatic carbocycles. The zero-order valence-corrected chi connectivity index (χ0v) is 15.0. The van der Waals surface area contributed by atoms with E-state index in [1.165, 1.54) is 4.90 Å². The highest BCUT2D eigenvalue weighted by molar-refractivity contribution is 6.22. The van der Waals surface area contributed by atoms with Crippen molar-refractivity contribution in [1.29, 1.82) is 0 Å². The van der Waals surface area contributed by atoms with E-state index in [0.29, 0.717) is 17.8 Å². The summed E-state index contributed by atoms with van der Waals surface area (Å²) in [6.07, 6.45) is 7.19. The van der Waals surface area contributed by atoms with Crippen molar-refractivity contribution in [2.24, 2.45) is 23.7 Å². The van der Waals surface area contributed by atoms with Crippen LogP contribution in [0.25, 0.3) is 0 Å². The predicted molar refractivity (Wildman–Crippen MR) is 98.0 cm³/mol. The number of nitrogens with zero attached hydrogens (tertiary/aromatic N) is 1. The van der Waals surface area contributed by atoms with Crippen molar-refractivity contribution >= 4 is 23.4 Å². The van der Waals surface area contributed by atoms with Gasteiger partial charge in [-0.25, -0.2) is 0 Å². The lowest BCUT2D eigenvalue weighted by molar-refractivity contribution is -0.123. The maximum absolute atomic E-state index is 12.8. The van der Waals surface area contributed by atoms with Gasteiger partial charge in [0, 0.05) is 18.7 Å². The molecule has 2 heterocycles. The Kier molecular flexibility index (Phi) is 3.90. The van der Waals surface area contributed by atoms with E-state index in [-0.39, 0.29) is 47.5 Å². The largest absolute Gasteiger partial charge is 0.376 e. The number of hydrogen-bond acceptors (Lipinski definition) is 4. The van der Waals surface area contributed by atoms with E-state index >= 15 is 0 Å². The first kappa shape index (κ1) is 16.7. The van der Waals surface area contributed by atoms with Crippen molar-refractivity contribution in [2.45, 2.75) is 25.4 Å². The molecule has 1 aromatic carbocycles. The first-order valence-corrected chi connectivity index (χ1v) is 9.69. The number of carbonyl (C=O) groups is 3. The lowest BCUT2D eigenvalue weighted by atomic mass is 9.85. The third-order valence-corrected chi connectivity index (χ3v) is 6.37. The molecule has 2 aliphatic heterocycles. The maximum atomic E-state index is 12.8. The van der Waals surface area contributed by atoms with Gasteiger partial charge in [0.25, 0.3) is 5.91 Å². The number of carbonyl (C=O) groups excluding carboxylic acids is 3. The number of hydrogen-bond donors (Lipinski definition) is 1. The van der Waals surface area contributed by atoms with Crippen LogP contribution in [0.15, 0.2) is 36.4 Å². The molecule has 27 heavy (non-hydrogen) atoms. The summed E-state index contributed by atoms with van der Waals surface area (Å²) in [5.74, 6) is -0.387. The summed E-state index contributed by atoms with van der Waals surface area (Å²) in [7, 11) is 0. The van der Waals surface area contributed by atoms with Gasteiger partial charge in [0.05, 0.1) is 23.6 Å². The van der Waals surface area contributed by atoms with E-state index in [4.69, 9.17) is 4.74 Å². The summed E-state index contributed by atoms with van der Waals surface area (Å²) in [5, 5.41) is 2.88. The normalized spacial score (nSPS) is 33.8. The highest BCUT2D eigenvalue weighted by Gasteiger charge is 2.59. The Labute approximate surface area is 157 Å². The molecule has 1 N–H and O–H groups in total. The first-order chi connectivity index (χ1) is 13.1. The number of fused-ring (bicyclic) bond motifs is 5. The third-order valence-electron chi connectivity index (χ3n) is 6.37. The summed E-state index contributed by atoms with van der Waals surface area (Å²) < 4.78 is 5.51. The molecule has 2 bridgehead atoms. The van der Waals surface area contributed by atoms with Crippen molar-refractivity contribution in [3.8, 4) is 0 Å². The number of benzene rings is 1. The molecule has 0 spiro atoms. The second-order valence-electron chi connectivity index (χ2n) is 7.90. The van der Waals surface area contributed by atoms with Crippen molar-refractivity contribution in [1.82, 2.24) is 5.32 Å². The fraction of sp³-hybridized carbons (Fsp3) is 0.476. The molecule has 4 aliphatic rings. The van der Waals surface area contributed by atoms with Gasteiger partial charge in [0.2, 0.25) is 11.8 Å². The smallest absolute Gasteiger partial charge is 0.251 e. The first-order valence-electron chi connectivity index (χ1n) is 9.69. The van der Waals surface area contributed by atoms with Gasteiger partial charge in [-0.1, -0.05) is 12.2 Å². The number of rotatable bonds is 4. The summed E-state index contributed by atoms with van der Waals surface area (Å²) in [6, 6.07) is 6.71. The lowest BCUT2D eigenvalue weighted by Crippen LogP contribution is -2.33. The molecule has 6 heteroatoms. The standard InChI is InChI=1S/C21H22N2O4/c24-19(22-11-16-2-1-9-27-16)12-5-7-15(8-6-12)23-20(25)17-13-3-4-14(10-13)18(17)21(23)26/h3-8,13-14,16-18H,1-2,9-11H2,(H,22,24)/t13-,14-,16-,17+,18+/m0/s1. The van der Waals surface area contributed by atoms with Gasteiger partial charge in [-0.2, -0.15) is 0 Å². The SMILES string of the molecule is O=C(NC[C@@H]1CCCO1)c1ccc(N2C(=O)[C@H]3[C@H](C2=O)[C@H]2C=C[C@H]3C2)cc1. The average Bonchev–Trinajstić information content (AvgIpc) is 3.45. The van der Waals surface area contributed by atoms with Gasteiger partial charge in [0.1, 0.15) is 0 Å². The zero-order chi connectivity index (χ0) is 18.5. The lowest BCUT2D eigenvalue weighted by Gasteiger charge is -2.17. The van der Waals surface area contributed by atoms with Gasteiger partial charge < -0.3 is 10.1 Å². The number of nitrogens with one attached hydrogen (secondary N) is 1. The Bertz CT molecular complexity index is 795. The molecule has 5 rings (SSSR count). The van der Waals surface area contributed by atoms with Crippen LogP contribution in [0.2, 0.25) is 0 Å². The second kappa shape index (κ2) is 6.30. The molecule has 1 aromatic rings. The number of allylic oxidation sites excluding steroid dienone is 2. The average molecular weight is 366 g/mol. The molecule has 0 unspecified atom stereocenters. The quantitative estimate of drug-likeness (QED) is 0.652. The van der Waals surface area contributed by atoms with Crippen LogP contribution >= 0.6 is 0 Å². The molecule has 6 nitrogen and oxygen atoms in total. The van der Waals surface area contributed by atoms with Crippen molar-refractivity contribution in [2.75, 3.05) is 18.1 Å². The van der Waals surface area contributed by atoms with Crippen LogP contribution < -0.4 is 10.2 Å². The molecule has 1 saturated carbocycles. The molecule has 0 aromatic heterocycles. The molecule has 3 amide bonds. The molecule has 3 fully saturated rings. The van der Waals surface area contributed by atoms with Crippen LogP contribution in [0.4, 0.5) is 5.69 Å². The van der Waals surface area contributed by atoms with E-state index in [0.717, 1.165) is 25.9 Å². The monoisotopic (exact) mass is 366 g/mol. The van der Waals surface area contributed by atoms with Crippen molar-refractivity contribution < 1.29 is 19.1 Å². The van der Waals surface area contributed by atoms with Crippen LogP contribution in [0, 0.1) is 23.7 Å². The van der Waals surface area contributed by atoms with Crippen LogP contribution in [-0.4, -0.2) is 37.0 Å². The predicted octanol–water partition coefficient (Wildman–Crippen LogP) is 1.91. The van der Waals surface area contributed by atoms with E-state index in [1.807, 2.05) is 0 Å².